The van der Waals surface area contributed by atoms with Gasteiger partial charge in [0.05, 0.1) is 12.5 Å². The van der Waals surface area contributed by atoms with Crippen LogP contribution in [0.4, 0.5) is 0 Å². The molecule has 2 N–H and O–H groups in total. The van der Waals surface area contributed by atoms with E-state index in [0.29, 0.717) is 26.1 Å². The molecule has 1 amide bonds. The summed E-state index contributed by atoms with van der Waals surface area (Å²) >= 11 is 0. The first kappa shape index (κ1) is 18.3. The van der Waals surface area contributed by atoms with E-state index in [-0.39, 0.29) is 18.6 Å². The number of amides is 1. The normalized spacial score (nSPS) is 20.8. The predicted octanol–water partition coefficient (Wildman–Crippen LogP) is 2.23. The maximum atomic E-state index is 12.0. The molecule has 132 valence electrons. The monoisotopic (exact) mass is 335 g/mol. The largest absolute Gasteiger partial charge is 0.491 e. The van der Waals surface area contributed by atoms with Gasteiger partial charge >= 0.3 is 5.97 Å². The minimum Gasteiger partial charge on any atom is -0.491 e. The summed E-state index contributed by atoms with van der Waals surface area (Å²) in [4.78, 5) is 23.3. The van der Waals surface area contributed by atoms with E-state index in [1.54, 1.807) is 0 Å². The number of carbonyl (C=O) groups is 2. The summed E-state index contributed by atoms with van der Waals surface area (Å²) in [6, 6.07) is 9.08. The molecule has 1 aromatic rings. The van der Waals surface area contributed by atoms with Crippen LogP contribution in [0.3, 0.4) is 0 Å². The van der Waals surface area contributed by atoms with Crippen molar-refractivity contribution in [2.75, 3.05) is 19.8 Å². The van der Waals surface area contributed by atoms with Crippen molar-refractivity contribution in [1.82, 2.24) is 5.32 Å². The fourth-order valence-corrected chi connectivity index (χ4v) is 2.92. The van der Waals surface area contributed by atoms with Crippen LogP contribution >= 0.6 is 0 Å². The minimum atomic E-state index is -0.834. The molecule has 1 aliphatic carbocycles. The Hall–Kier alpha value is -2.08. The van der Waals surface area contributed by atoms with Crippen molar-refractivity contribution in [2.24, 2.45) is 5.92 Å². The summed E-state index contributed by atoms with van der Waals surface area (Å²) in [6.07, 6.45) is 4.19. The highest BCUT2D eigenvalue weighted by atomic mass is 16.5. The first-order valence-corrected chi connectivity index (χ1v) is 8.44. The van der Waals surface area contributed by atoms with E-state index in [1.165, 1.54) is 0 Å². The van der Waals surface area contributed by atoms with E-state index in [9.17, 15) is 14.7 Å². The first-order valence-electron chi connectivity index (χ1n) is 8.44. The van der Waals surface area contributed by atoms with E-state index in [1.807, 2.05) is 30.3 Å². The lowest BCUT2D eigenvalue weighted by Gasteiger charge is -2.22. The molecule has 0 saturated heterocycles. The van der Waals surface area contributed by atoms with E-state index in [2.05, 4.69) is 5.32 Å². The van der Waals surface area contributed by atoms with Crippen molar-refractivity contribution >= 4 is 11.9 Å². The third-order valence-electron chi connectivity index (χ3n) is 4.15. The number of hydrogen-bond acceptors (Lipinski definition) is 4. The quantitative estimate of drug-likeness (QED) is 0.562. The zero-order chi connectivity index (χ0) is 17.2. The van der Waals surface area contributed by atoms with Gasteiger partial charge in [-0.05, 0) is 25.0 Å². The standard InChI is InChI=1S/C18H25NO5/c20-17(13-23-11-12-24-14-7-3-1-4-8-14)19-16-10-6-2-5-9-15(16)18(21)22/h1,3-4,7-8,15-16H,2,5-6,9-13H2,(H,19,20)(H,21,22)/t15-,16+/m1/s1. The van der Waals surface area contributed by atoms with Gasteiger partial charge in [-0.15, -0.1) is 0 Å². The molecule has 24 heavy (non-hydrogen) atoms. The number of carboxylic acid groups (broad SMARTS) is 1. The molecule has 1 aliphatic rings. The van der Waals surface area contributed by atoms with Crippen molar-refractivity contribution in [1.29, 1.82) is 0 Å². The average molecular weight is 335 g/mol. The van der Waals surface area contributed by atoms with E-state index >= 15 is 0 Å². The van der Waals surface area contributed by atoms with Gasteiger partial charge in [-0.3, -0.25) is 9.59 Å². The van der Waals surface area contributed by atoms with E-state index in [4.69, 9.17) is 9.47 Å². The Morgan fingerprint density at radius 2 is 1.83 bits per heavy atom. The third kappa shape index (κ3) is 6.20. The number of rotatable bonds is 8. The Morgan fingerprint density at radius 3 is 2.58 bits per heavy atom. The summed E-state index contributed by atoms with van der Waals surface area (Å²) < 4.78 is 10.8. The van der Waals surface area contributed by atoms with Gasteiger partial charge in [0.2, 0.25) is 5.91 Å². The smallest absolute Gasteiger partial charge is 0.308 e. The van der Waals surface area contributed by atoms with Crippen LogP contribution in [0.1, 0.15) is 32.1 Å². The molecule has 6 heteroatoms. The molecule has 0 radical (unpaired) electrons. The number of benzene rings is 1. The van der Waals surface area contributed by atoms with Crippen LogP contribution in [-0.2, 0) is 14.3 Å². The molecule has 0 unspecified atom stereocenters. The van der Waals surface area contributed by atoms with Crippen molar-refractivity contribution in [3.8, 4) is 5.75 Å². The molecule has 2 rings (SSSR count). The van der Waals surface area contributed by atoms with Crippen LogP contribution in [0.15, 0.2) is 30.3 Å². The van der Waals surface area contributed by atoms with Crippen LogP contribution < -0.4 is 10.1 Å². The van der Waals surface area contributed by atoms with Gasteiger partial charge in [0.1, 0.15) is 19.0 Å². The van der Waals surface area contributed by atoms with Crippen LogP contribution in [-0.4, -0.2) is 42.8 Å². The van der Waals surface area contributed by atoms with Crippen LogP contribution in [0.2, 0.25) is 0 Å². The van der Waals surface area contributed by atoms with Crippen molar-refractivity contribution in [2.45, 2.75) is 38.1 Å². The Balaban J connectivity index is 1.65. The Labute approximate surface area is 142 Å². The highest BCUT2D eigenvalue weighted by Crippen LogP contribution is 2.23. The fourth-order valence-electron chi connectivity index (χ4n) is 2.92. The van der Waals surface area contributed by atoms with Crippen molar-refractivity contribution in [3.63, 3.8) is 0 Å². The number of hydrogen-bond donors (Lipinski definition) is 2. The molecule has 0 spiro atoms. The number of nitrogens with one attached hydrogen (secondary N) is 1. The maximum absolute atomic E-state index is 12.0. The Kier molecular flexibility index (Phi) is 7.55. The zero-order valence-corrected chi connectivity index (χ0v) is 13.8. The summed E-state index contributed by atoms with van der Waals surface area (Å²) in [5.41, 5.74) is 0. The third-order valence-corrected chi connectivity index (χ3v) is 4.15. The van der Waals surface area contributed by atoms with E-state index < -0.39 is 11.9 Å². The lowest BCUT2D eigenvalue weighted by atomic mass is 9.95. The van der Waals surface area contributed by atoms with E-state index in [0.717, 1.165) is 25.0 Å². The molecular weight excluding hydrogens is 310 g/mol. The van der Waals surface area contributed by atoms with Gasteiger partial charge in [-0.2, -0.15) is 0 Å². The molecule has 1 fully saturated rings. The summed E-state index contributed by atoms with van der Waals surface area (Å²) in [6.45, 7) is 0.578. The summed E-state index contributed by atoms with van der Waals surface area (Å²) in [7, 11) is 0. The molecule has 6 nitrogen and oxygen atoms in total. The fraction of sp³-hybridized carbons (Fsp3) is 0.556. The number of carboxylic acids is 1. The highest BCUT2D eigenvalue weighted by Gasteiger charge is 2.30. The molecule has 0 bridgehead atoms. The molecule has 0 aliphatic heterocycles. The van der Waals surface area contributed by atoms with Gasteiger partial charge in [0.15, 0.2) is 0 Å². The van der Waals surface area contributed by atoms with Gasteiger partial charge in [-0.1, -0.05) is 37.5 Å². The molecular formula is C18H25NO5. The van der Waals surface area contributed by atoms with Crippen molar-refractivity contribution in [3.05, 3.63) is 30.3 Å². The minimum absolute atomic E-state index is 0.0824. The second-order valence-electron chi connectivity index (χ2n) is 5.97. The van der Waals surface area contributed by atoms with Crippen LogP contribution in [0.5, 0.6) is 5.75 Å². The number of carbonyl (C=O) groups excluding carboxylic acids is 1. The lowest BCUT2D eigenvalue weighted by molar-refractivity contribution is -0.143. The number of para-hydroxylation sites is 1. The second kappa shape index (κ2) is 9.93. The SMILES string of the molecule is O=C(COCCOc1ccccc1)N[C@H]1CCCCC[C@H]1C(=O)O. The second-order valence-corrected chi connectivity index (χ2v) is 5.97. The predicted molar refractivity (Wildman–Crippen MR) is 88.9 cm³/mol. The summed E-state index contributed by atoms with van der Waals surface area (Å²) in [5.74, 6) is -0.849. The van der Waals surface area contributed by atoms with Gasteiger partial charge in [-0.25, -0.2) is 0 Å². The first-order chi connectivity index (χ1) is 11.7. The molecule has 1 saturated carbocycles. The van der Waals surface area contributed by atoms with Gasteiger partial charge in [0, 0.05) is 6.04 Å². The molecule has 0 aromatic heterocycles. The number of ether oxygens (including phenoxy) is 2. The summed E-state index contributed by atoms with van der Waals surface area (Å²) in [5, 5.41) is 12.1. The Morgan fingerprint density at radius 1 is 1.08 bits per heavy atom. The topological polar surface area (TPSA) is 84.9 Å². The van der Waals surface area contributed by atoms with Gasteiger partial charge < -0.3 is 19.9 Å². The zero-order valence-electron chi connectivity index (χ0n) is 13.8. The highest BCUT2D eigenvalue weighted by molar-refractivity contribution is 5.79. The molecule has 0 heterocycles. The lowest BCUT2D eigenvalue weighted by Crippen LogP contribution is -2.44. The number of aliphatic carboxylic acids is 1. The maximum Gasteiger partial charge on any atom is 0.308 e. The average Bonchev–Trinajstić information content (AvgIpc) is 2.81. The molecule has 1 aromatic carbocycles. The van der Waals surface area contributed by atoms with Gasteiger partial charge in [0.25, 0.3) is 0 Å². The van der Waals surface area contributed by atoms with Crippen molar-refractivity contribution < 1.29 is 24.2 Å². The molecule has 2 atom stereocenters. The van der Waals surface area contributed by atoms with Crippen LogP contribution in [0, 0.1) is 5.92 Å². The van der Waals surface area contributed by atoms with Crippen LogP contribution in [0.25, 0.3) is 0 Å². The Bertz CT molecular complexity index is 519.